The van der Waals surface area contributed by atoms with Crippen molar-refractivity contribution in [2.45, 2.75) is 19.6 Å². The lowest BCUT2D eigenvalue weighted by Gasteiger charge is -2.12. The number of benzene rings is 1. The van der Waals surface area contributed by atoms with E-state index in [4.69, 9.17) is 18.9 Å². The predicted molar refractivity (Wildman–Crippen MR) is 106 cm³/mol. The Kier molecular flexibility index (Phi) is 6.59. The zero-order valence-electron chi connectivity index (χ0n) is 17.0. The summed E-state index contributed by atoms with van der Waals surface area (Å²) >= 11 is 0. The molecule has 0 unspecified atom stereocenters. The van der Waals surface area contributed by atoms with Crippen LogP contribution in [0.3, 0.4) is 0 Å². The van der Waals surface area contributed by atoms with E-state index in [1.54, 1.807) is 12.1 Å². The Hall–Kier alpha value is -3.12. The van der Waals surface area contributed by atoms with E-state index in [2.05, 4.69) is 46.3 Å². The van der Waals surface area contributed by atoms with E-state index in [0.29, 0.717) is 17.1 Å². The lowest BCUT2D eigenvalue weighted by Crippen LogP contribution is -2.17. The van der Waals surface area contributed by atoms with Crippen LogP contribution >= 0.6 is 0 Å². The standard InChI is InChI=1S/C19H23N3O5Si/c1-24-14-10-12(8-9-28(5,6)7)13(11-15(14)25-2)16(23)17-20-18(26-3)19(27-4)22-21-17/h10-11H,1-7H3. The molecule has 0 amide bonds. The van der Waals surface area contributed by atoms with Gasteiger partial charge in [-0.15, -0.1) is 15.7 Å². The molecule has 1 aromatic carbocycles. The molecule has 2 aromatic rings. The molecule has 0 saturated heterocycles. The highest BCUT2D eigenvalue weighted by atomic mass is 28.3. The van der Waals surface area contributed by atoms with Crippen LogP contribution < -0.4 is 18.9 Å². The normalized spacial score (nSPS) is 10.5. The third-order valence-electron chi connectivity index (χ3n) is 3.56. The summed E-state index contributed by atoms with van der Waals surface area (Å²) in [6.45, 7) is 6.34. The Bertz CT molecular complexity index is 945. The largest absolute Gasteiger partial charge is 0.493 e. The molecule has 1 heterocycles. The number of rotatable bonds is 6. The van der Waals surface area contributed by atoms with Gasteiger partial charge in [0, 0.05) is 17.2 Å². The van der Waals surface area contributed by atoms with Gasteiger partial charge in [0.1, 0.15) is 8.07 Å². The summed E-state index contributed by atoms with van der Waals surface area (Å²) in [5, 5.41) is 7.70. The van der Waals surface area contributed by atoms with Crippen LogP contribution in [-0.2, 0) is 0 Å². The topological polar surface area (TPSA) is 92.7 Å². The van der Waals surface area contributed by atoms with Crippen molar-refractivity contribution in [3.63, 3.8) is 0 Å². The smallest absolute Gasteiger partial charge is 0.296 e. The maximum Gasteiger partial charge on any atom is 0.296 e. The van der Waals surface area contributed by atoms with Gasteiger partial charge in [0.05, 0.1) is 28.4 Å². The first-order valence-electron chi connectivity index (χ1n) is 8.40. The van der Waals surface area contributed by atoms with E-state index in [0.717, 1.165) is 0 Å². The van der Waals surface area contributed by atoms with Crippen LogP contribution in [-0.4, -0.2) is 57.5 Å². The second-order valence-electron chi connectivity index (χ2n) is 6.74. The van der Waals surface area contributed by atoms with E-state index in [9.17, 15) is 4.79 Å². The number of ketones is 1. The van der Waals surface area contributed by atoms with Crippen molar-refractivity contribution >= 4 is 13.9 Å². The average Bonchev–Trinajstić information content (AvgIpc) is 2.69. The molecule has 9 heteroatoms. The Morgan fingerprint density at radius 3 is 2.04 bits per heavy atom. The fourth-order valence-corrected chi connectivity index (χ4v) is 2.71. The predicted octanol–water partition coefficient (Wildman–Crippen LogP) is 2.37. The summed E-state index contributed by atoms with van der Waals surface area (Å²) < 4.78 is 20.8. The molecule has 2 rings (SSSR count). The van der Waals surface area contributed by atoms with Crippen LogP contribution in [0.1, 0.15) is 21.7 Å². The average molecular weight is 401 g/mol. The lowest BCUT2D eigenvalue weighted by molar-refractivity contribution is 0.102. The number of hydrogen-bond donors (Lipinski definition) is 0. The Morgan fingerprint density at radius 1 is 0.893 bits per heavy atom. The highest BCUT2D eigenvalue weighted by Gasteiger charge is 2.22. The molecule has 0 bridgehead atoms. The molecular weight excluding hydrogens is 378 g/mol. The Morgan fingerprint density at radius 2 is 1.50 bits per heavy atom. The molecule has 0 saturated carbocycles. The molecule has 0 radical (unpaired) electrons. The van der Waals surface area contributed by atoms with Crippen molar-refractivity contribution in [3.05, 3.63) is 29.1 Å². The molecule has 0 aliphatic heterocycles. The highest BCUT2D eigenvalue weighted by Crippen LogP contribution is 2.31. The monoisotopic (exact) mass is 401 g/mol. The lowest BCUT2D eigenvalue weighted by atomic mass is 10.0. The molecule has 0 N–H and O–H groups in total. The third-order valence-corrected chi connectivity index (χ3v) is 4.43. The third kappa shape index (κ3) is 4.78. The van der Waals surface area contributed by atoms with Crippen molar-refractivity contribution in [1.82, 2.24) is 15.2 Å². The number of ether oxygens (including phenoxy) is 4. The maximum absolute atomic E-state index is 13.1. The zero-order chi connectivity index (χ0) is 20.9. The number of carbonyl (C=O) groups excluding carboxylic acids is 1. The van der Waals surface area contributed by atoms with Gasteiger partial charge >= 0.3 is 0 Å². The SMILES string of the molecule is COc1cc(C#C[Si](C)(C)C)c(C(=O)c2nnc(OC)c(OC)n2)cc1OC. The number of aromatic nitrogens is 3. The van der Waals surface area contributed by atoms with Crippen molar-refractivity contribution in [2.24, 2.45) is 0 Å². The summed E-state index contributed by atoms with van der Waals surface area (Å²) in [5.74, 6) is 3.53. The summed E-state index contributed by atoms with van der Waals surface area (Å²) in [7, 11) is 4.16. The van der Waals surface area contributed by atoms with Crippen LogP contribution in [0.2, 0.25) is 19.6 Å². The molecule has 1 aromatic heterocycles. The van der Waals surface area contributed by atoms with Gasteiger partial charge in [-0.05, 0) is 6.07 Å². The van der Waals surface area contributed by atoms with Crippen LogP contribution in [0.4, 0.5) is 0 Å². The summed E-state index contributed by atoms with van der Waals surface area (Å²) in [6, 6.07) is 3.24. The van der Waals surface area contributed by atoms with E-state index >= 15 is 0 Å². The van der Waals surface area contributed by atoms with Gasteiger partial charge < -0.3 is 18.9 Å². The quantitative estimate of drug-likeness (QED) is 0.414. The van der Waals surface area contributed by atoms with E-state index in [-0.39, 0.29) is 23.1 Å². The summed E-state index contributed by atoms with van der Waals surface area (Å²) in [5.41, 5.74) is 4.05. The Labute approximate surface area is 165 Å². The molecule has 0 spiro atoms. The molecule has 0 fully saturated rings. The van der Waals surface area contributed by atoms with Crippen LogP contribution in [0.5, 0.6) is 23.3 Å². The van der Waals surface area contributed by atoms with E-state index < -0.39 is 13.9 Å². The minimum absolute atomic E-state index is 0.0658. The number of nitrogens with zero attached hydrogens (tertiary/aromatic N) is 3. The van der Waals surface area contributed by atoms with E-state index in [1.165, 1.54) is 28.4 Å². The first-order chi connectivity index (χ1) is 13.2. The molecule has 8 nitrogen and oxygen atoms in total. The van der Waals surface area contributed by atoms with Gasteiger partial charge in [0.15, 0.2) is 11.5 Å². The fraction of sp³-hybridized carbons (Fsp3) is 0.368. The minimum Gasteiger partial charge on any atom is -0.493 e. The second kappa shape index (κ2) is 8.71. The first kappa shape index (κ1) is 21.2. The van der Waals surface area contributed by atoms with Gasteiger partial charge in [0.2, 0.25) is 11.6 Å². The second-order valence-corrected chi connectivity index (χ2v) is 11.5. The summed E-state index contributed by atoms with van der Waals surface area (Å²) in [4.78, 5) is 17.2. The van der Waals surface area contributed by atoms with Gasteiger partial charge in [-0.25, -0.2) is 0 Å². The number of carbonyl (C=O) groups is 1. The molecule has 148 valence electrons. The molecule has 28 heavy (non-hydrogen) atoms. The van der Waals surface area contributed by atoms with Gasteiger partial charge in [-0.3, -0.25) is 4.79 Å². The minimum atomic E-state index is -1.68. The van der Waals surface area contributed by atoms with E-state index in [1.807, 2.05) is 0 Å². The molecule has 0 aliphatic rings. The zero-order valence-corrected chi connectivity index (χ0v) is 18.0. The van der Waals surface area contributed by atoms with Crippen molar-refractivity contribution in [2.75, 3.05) is 28.4 Å². The maximum atomic E-state index is 13.1. The van der Waals surface area contributed by atoms with Crippen LogP contribution in [0.25, 0.3) is 0 Å². The number of hydrogen-bond acceptors (Lipinski definition) is 8. The van der Waals surface area contributed by atoms with Gasteiger partial charge in [-0.2, -0.15) is 4.98 Å². The Balaban J connectivity index is 2.64. The molecule has 0 atom stereocenters. The van der Waals surface area contributed by atoms with Crippen molar-refractivity contribution in [3.8, 4) is 34.7 Å². The highest BCUT2D eigenvalue weighted by molar-refractivity contribution is 6.83. The summed E-state index contributed by atoms with van der Waals surface area (Å²) in [6.07, 6.45) is 0. The number of methoxy groups -OCH3 is 4. The van der Waals surface area contributed by atoms with Crippen LogP contribution in [0.15, 0.2) is 12.1 Å². The van der Waals surface area contributed by atoms with Gasteiger partial charge in [-0.1, -0.05) is 25.6 Å². The van der Waals surface area contributed by atoms with Crippen molar-refractivity contribution in [1.29, 1.82) is 0 Å². The van der Waals surface area contributed by atoms with Crippen LogP contribution in [0, 0.1) is 11.5 Å². The molecular formula is C19H23N3O5Si. The first-order valence-corrected chi connectivity index (χ1v) is 11.9. The van der Waals surface area contributed by atoms with Crippen molar-refractivity contribution < 1.29 is 23.7 Å². The molecule has 0 aliphatic carbocycles. The van der Waals surface area contributed by atoms with Gasteiger partial charge in [0.25, 0.3) is 11.8 Å². The fourth-order valence-electron chi connectivity index (χ4n) is 2.20.